The van der Waals surface area contributed by atoms with E-state index in [2.05, 4.69) is 30.7 Å². The second-order valence-electron chi connectivity index (χ2n) is 5.17. The summed E-state index contributed by atoms with van der Waals surface area (Å²) >= 11 is 1.76. The molecule has 2 amide bonds. The van der Waals surface area contributed by atoms with E-state index in [1.165, 1.54) is 0 Å². The summed E-state index contributed by atoms with van der Waals surface area (Å²) in [6.07, 6.45) is 4.92. The molecule has 0 spiro atoms. The van der Waals surface area contributed by atoms with E-state index < -0.39 is 11.8 Å². The molecular weight excluding hydrogens is 274 g/mol. The Hall–Kier alpha value is -0.750. The van der Waals surface area contributed by atoms with Gasteiger partial charge in [-0.1, -0.05) is 13.8 Å². The van der Waals surface area contributed by atoms with Crippen molar-refractivity contribution in [2.75, 3.05) is 39.0 Å². The normalized spacial score (nSPS) is 16.6. The first kappa shape index (κ1) is 17.3. The summed E-state index contributed by atoms with van der Waals surface area (Å²) in [4.78, 5) is 25.8. The third kappa shape index (κ3) is 4.66. The van der Waals surface area contributed by atoms with Gasteiger partial charge in [-0.3, -0.25) is 9.59 Å². The number of hydrogen-bond acceptors (Lipinski definition) is 4. The van der Waals surface area contributed by atoms with E-state index in [-0.39, 0.29) is 4.75 Å². The molecule has 0 aliphatic carbocycles. The molecule has 1 fully saturated rings. The Morgan fingerprint density at radius 1 is 1.25 bits per heavy atom. The SMILES string of the molecule is CCC(CC)(CNC(=O)C(=O)N1CCCNCC1)SC. The number of rotatable bonds is 5. The highest BCUT2D eigenvalue weighted by atomic mass is 32.2. The van der Waals surface area contributed by atoms with Gasteiger partial charge in [-0.2, -0.15) is 11.8 Å². The number of carbonyl (C=O) groups excluding carboxylic acids is 2. The second-order valence-corrected chi connectivity index (χ2v) is 6.45. The van der Waals surface area contributed by atoms with E-state index in [1.807, 2.05) is 0 Å². The summed E-state index contributed by atoms with van der Waals surface area (Å²) in [5, 5.41) is 6.05. The van der Waals surface area contributed by atoms with Crippen LogP contribution in [0.4, 0.5) is 0 Å². The Balaban J connectivity index is 2.50. The summed E-state index contributed by atoms with van der Waals surface area (Å²) in [6, 6.07) is 0. The smallest absolute Gasteiger partial charge is 0.311 e. The molecule has 1 heterocycles. The Morgan fingerprint density at radius 2 is 1.95 bits per heavy atom. The fourth-order valence-corrected chi connectivity index (χ4v) is 3.16. The van der Waals surface area contributed by atoms with Crippen LogP contribution < -0.4 is 10.6 Å². The van der Waals surface area contributed by atoms with Gasteiger partial charge in [0.15, 0.2) is 0 Å². The number of amides is 2. The maximum atomic E-state index is 12.1. The van der Waals surface area contributed by atoms with Crippen LogP contribution in [0.25, 0.3) is 0 Å². The molecule has 5 nitrogen and oxygen atoms in total. The number of hydrogen-bond donors (Lipinski definition) is 2. The van der Waals surface area contributed by atoms with Gasteiger partial charge in [0.2, 0.25) is 0 Å². The number of thioether (sulfide) groups is 1. The van der Waals surface area contributed by atoms with Crippen LogP contribution in [0.2, 0.25) is 0 Å². The predicted octanol–water partition coefficient (Wildman–Crippen LogP) is 0.846. The molecule has 1 aliphatic rings. The minimum Gasteiger partial charge on any atom is -0.346 e. The van der Waals surface area contributed by atoms with E-state index in [0.29, 0.717) is 19.6 Å². The van der Waals surface area contributed by atoms with E-state index in [0.717, 1.165) is 32.4 Å². The van der Waals surface area contributed by atoms with Crippen molar-refractivity contribution in [3.63, 3.8) is 0 Å². The quantitative estimate of drug-likeness (QED) is 0.739. The van der Waals surface area contributed by atoms with E-state index in [9.17, 15) is 9.59 Å². The summed E-state index contributed by atoms with van der Waals surface area (Å²) < 4.78 is 0.0380. The molecule has 2 N–H and O–H groups in total. The maximum Gasteiger partial charge on any atom is 0.311 e. The predicted molar refractivity (Wildman–Crippen MR) is 83.9 cm³/mol. The molecule has 6 heteroatoms. The first-order valence-electron chi connectivity index (χ1n) is 7.41. The number of carbonyl (C=O) groups is 2. The summed E-state index contributed by atoms with van der Waals surface area (Å²) in [6.45, 7) is 7.74. The average Bonchev–Trinajstić information content (AvgIpc) is 2.77. The minimum absolute atomic E-state index is 0.0380. The summed E-state index contributed by atoms with van der Waals surface area (Å²) in [7, 11) is 0. The molecular formula is C14H27N3O2S. The highest BCUT2D eigenvalue weighted by Crippen LogP contribution is 2.29. The zero-order valence-corrected chi connectivity index (χ0v) is 13.6. The van der Waals surface area contributed by atoms with E-state index in [1.54, 1.807) is 16.7 Å². The lowest BCUT2D eigenvalue weighted by Crippen LogP contribution is -2.48. The number of nitrogens with zero attached hydrogens (tertiary/aromatic N) is 1. The lowest BCUT2D eigenvalue weighted by atomic mass is 10.0. The molecule has 1 aliphatic heterocycles. The summed E-state index contributed by atoms with van der Waals surface area (Å²) in [5.41, 5.74) is 0. The standard InChI is InChI=1S/C14H27N3O2S/c1-4-14(5-2,20-3)11-16-12(18)13(19)17-9-6-7-15-8-10-17/h15H,4-11H2,1-3H3,(H,16,18). The van der Waals surface area contributed by atoms with Crippen molar-refractivity contribution in [1.82, 2.24) is 15.5 Å². The fraction of sp³-hybridized carbons (Fsp3) is 0.857. The van der Waals surface area contributed by atoms with Crippen molar-refractivity contribution in [1.29, 1.82) is 0 Å². The highest BCUT2D eigenvalue weighted by Gasteiger charge is 2.28. The van der Waals surface area contributed by atoms with Crippen LogP contribution >= 0.6 is 11.8 Å². The number of nitrogens with one attached hydrogen (secondary N) is 2. The van der Waals surface area contributed by atoms with Crippen LogP contribution in [0.5, 0.6) is 0 Å². The maximum absolute atomic E-state index is 12.1. The zero-order chi connectivity index (χ0) is 15.0. The van der Waals surface area contributed by atoms with Gasteiger partial charge < -0.3 is 15.5 Å². The van der Waals surface area contributed by atoms with E-state index in [4.69, 9.17) is 0 Å². The lowest BCUT2D eigenvalue weighted by molar-refractivity contribution is -0.145. The molecule has 0 unspecified atom stereocenters. The molecule has 0 aromatic rings. The second kappa shape index (κ2) is 8.52. The van der Waals surface area contributed by atoms with Gasteiger partial charge in [-0.05, 0) is 32.1 Å². The van der Waals surface area contributed by atoms with Crippen molar-refractivity contribution >= 4 is 23.6 Å². The first-order chi connectivity index (χ1) is 9.58. The van der Waals surface area contributed by atoms with Crippen LogP contribution in [0.15, 0.2) is 0 Å². The lowest BCUT2D eigenvalue weighted by Gasteiger charge is -2.30. The molecule has 1 saturated heterocycles. The van der Waals surface area contributed by atoms with Crippen molar-refractivity contribution in [2.24, 2.45) is 0 Å². The van der Waals surface area contributed by atoms with Crippen LogP contribution in [-0.4, -0.2) is 60.4 Å². The molecule has 0 radical (unpaired) electrons. The summed E-state index contributed by atoms with van der Waals surface area (Å²) in [5.74, 6) is -0.858. The molecule has 116 valence electrons. The molecule has 1 rings (SSSR count). The molecule has 0 aromatic heterocycles. The Labute approximate surface area is 126 Å². The van der Waals surface area contributed by atoms with Gasteiger partial charge in [0.1, 0.15) is 0 Å². The molecule has 0 bridgehead atoms. The molecule has 0 atom stereocenters. The van der Waals surface area contributed by atoms with Crippen LogP contribution in [-0.2, 0) is 9.59 Å². The Bertz CT molecular complexity index is 316. The van der Waals surface area contributed by atoms with Gasteiger partial charge in [-0.25, -0.2) is 0 Å². The third-order valence-corrected chi connectivity index (χ3v) is 5.70. The van der Waals surface area contributed by atoms with Crippen LogP contribution in [0, 0.1) is 0 Å². The van der Waals surface area contributed by atoms with Crippen LogP contribution in [0.1, 0.15) is 33.1 Å². The third-order valence-electron chi connectivity index (χ3n) is 4.11. The zero-order valence-electron chi connectivity index (χ0n) is 12.8. The fourth-order valence-electron chi connectivity index (χ4n) is 2.37. The van der Waals surface area contributed by atoms with Gasteiger partial charge in [0.25, 0.3) is 0 Å². The molecule has 20 heavy (non-hydrogen) atoms. The topological polar surface area (TPSA) is 61.4 Å². The van der Waals surface area contributed by atoms with Gasteiger partial charge in [0.05, 0.1) is 0 Å². The van der Waals surface area contributed by atoms with Crippen LogP contribution in [0.3, 0.4) is 0 Å². The highest BCUT2D eigenvalue weighted by molar-refractivity contribution is 8.00. The van der Waals surface area contributed by atoms with Gasteiger partial charge in [0, 0.05) is 30.9 Å². The first-order valence-corrected chi connectivity index (χ1v) is 8.64. The molecule has 0 aromatic carbocycles. The van der Waals surface area contributed by atoms with Crippen molar-refractivity contribution in [3.05, 3.63) is 0 Å². The largest absolute Gasteiger partial charge is 0.346 e. The monoisotopic (exact) mass is 301 g/mol. The minimum atomic E-state index is -0.466. The van der Waals surface area contributed by atoms with Crippen molar-refractivity contribution in [2.45, 2.75) is 37.9 Å². The van der Waals surface area contributed by atoms with Crippen molar-refractivity contribution in [3.8, 4) is 0 Å². The van der Waals surface area contributed by atoms with Gasteiger partial charge >= 0.3 is 11.8 Å². The Morgan fingerprint density at radius 3 is 2.55 bits per heavy atom. The van der Waals surface area contributed by atoms with Gasteiger partial charge in [-0.15, -0.1) is 0 Å². The van der Waals surface area contributed by atoms with E-state index >= 15 is 0 Å². The van der Waals surface area contributed by atoms with Crippen molar-refractivity contribution < 1.29 is 9.59 Å². The molecule has 0 saturated carbocycles. The average molecular weight is 301 g/mol. The Kier molecular flexibility index (Phi) is 7.37.